The Labute approximate surface area is 178 Å². The molecule has 0 N–H and O–H groups in total. The van der Waals surface area contributed by atoms with E-state index in [1.807, 2.05) is 6.92 Å². The van der Waals surface area contributed by atoms with Crippen molar-refractivity contribution in [1.29, 1.82) is 0 Å². The molecule has 1 aliphatic rings. The normalized spacial score (nSPS) is 18.3. The molecule has 2 aromatic rings. The Morgan fingerprint density at radius 1 is 0.793 bits per heavy atom. The lowest BCUT2D eigenvalue weighted by Crippen LogP contribution is -2.13. The van der Waals surface area contributed by atoms with E-state index in [1.165, 1.54) is 62.5 Å². The van der Waals surface area contributed by atoms with Crippen LogP contribution in [0.15, 0.2) is 48.5 Å². The summed E-state index contributed by atoms with van der Waals surface area (Å²) in [5.74, 6) is 14.4. The minimum atomic E-state index is 0.748. The molecule has 0 heteroatoms. The van der Waals surface area contributed by atoms with Gasteiger partial charge in [-0.3, -0.25) is 0 Å². The van der Waals surface area contributed by atoms with E-state index in [-0.39, 0.29) is 0 Å². The summed E-state index contributed by atoms with van der Waals surface area (Å²) in [6.45, 7) is 4.18. The predicted octanol–water partition coefficient (Wildman–Crippen LogP) is 7.51. The summed E-state index contributed by atoms with van der Waals surface area (Å²) < 4.78 is 0. The van der Waals surface area contributed by atoms with Crippen LogP contribution in [0.5, 0.6) is 0 Å². The quantitative estimate of drug-likeness (QED) is 0.358. The van der Waals surface area contributed by atoms with Crippen LogP contribution in [0, 0.1) is 29.6 Å². The molecule has 0 unspecified atom stereocenters. The van der Waals surface area contributed by atoms with E-state index in [4.69, 9.17) is 0 Å². The van der Waals surface area contributed by atoms with E-state index in [1.54, 1.807) is 0 Å². The number of unbranched alkanes of at least 4 members (excludes halogenated alkanes) is 2. The molecule has 0 aliphatic heterocycles. The summed E-state index contributed by atoms with van der Waals surface area (Å²) in [6.07, 6.45) is 12.0. The molecule has 0 amide bonds. The first kappa shape index (κ1) is 21.3. The van der Waals surface area contributed by atoms with Crippen LogP contribution < -0.4 is 0 Å². The third kappa shape index (κ3) is 6.84. The molecule has 0 heterocycles. The van der Waals surface area contributed by atoms with E-state index in [0.717, 1.165) is 29.4 Å². The largest absolute Gasteiger partial charge is 0.106 e. The minimum absolute atomic E-state index is 0.748. The molecule has 1 saturated carbocycles. The fraction of sp³-hybridized carbons (Fsp3) is 0.448. The Kier molecular flexibility index (Phi) is 8.46. The lowest BCUT2D eigenvalue weighted by molar-refractivity contribution is 0.303. The van der Waals surface area contributed by atoms with Gasteiger partial charge in [-0.25, -0.2) is 0 Å². The van der Waals surface area contributed by atoms with Crippen molar-refractivity contribution in [2.75, 3.05) is 0 Å². The second kappa shape index (κ2) is 11.5. The Morgan fingerprint density at radius 3 is 2.00 bits per heavy atom. The second-order valence-corrected chi connectivity index (χ2v) is 8.39. The van der Waals surface area contributed by atoms with E-state index >= 15 is 0 Å². The van der Waals surface area contributed by atoms with Gasteiger partial charge in [-0.15, -0.1) is 5.92 Å². The highest BCUT2D eigenvalue weighted by atomic mass is 14.3. The number of hydrogen-bond donors (Lipinski definition) is 0. The maximum Gasteiger partial charge on any atom is 0.0340 e. The van der Waals surface area contributed by atoms with Crippen LogP contribution in [-0.4, -0.2) is 0 Å². The van der Waals surface area contributed by atoms with Crippen LogP contribution in [0.2, 0.25) is 0 Å². The molecule has 3 rings (SSSR count). The van der Waals surface area contributed by atoms with Crippen molar-refractivity contribution < 1.29 is 0 Å². The molecule has 0 saturated heterocycles. The molecular formula is C29H34. The molecule has 2 aromatic carbocycles. The van der Waals surface area contributed by atoms with Gasteiger partial charge < -0.3 is 0 Å². The monoisotopic (exact) mass is 382 g/mol. The number of benzene rings is 2. The van der Waals surface area contributed by atoms with Crippen molar-refractivity contribution in [3.8, 4) is 23.7 Å². The summed E-state index contributed by atoms with van der Waals surface area (Å²) in [7, 11) is 0. The van der Waals surface area contributed by atoms with Crippen molar-refractivity contribution in [2.24, 2.45) is 5.92 Å². The van der Waals surface area contributed by atoms with Crippen LogP contribution >= 0.6 is 0 Å². The van der Waals surface area contributed by atoms with Gasteiger partial charge in [0, 0.05) is 17.5 Å². The summed E-state index contributed by atoms with van der Waals surface area (Å²) in [6, 6.07) is 17.4. The third-order valence-electron chi connectivity index (χ3n) is 6.22. The van der Waals surface area contributed by atoms with Gasteiger partial charge in [0.1, 0.15) is 0 Å². The molecule has 0 radical (unpaired) electrons. The summed E-state index contributed by atoms with van der Waals surface area (Å²) in [5, 5.41) is 0. The van der Waals surface area contributed by atoms with Crippen LogP contribution in [0.25, 0.3) is 0 Å². The van der Waals surface area contributed by atoms with Gasteiger partial charge in [-0.05, 0) is 79.8 Å². The number of rotatable bonds is 6. The first-order chi connectivity index (χ1) is 14.3. The van der Waals surface area contributed by atoms with Gasteiger partial charge in [0.2, 0.25) is 0 Å². The molecule has 0 spiro atoms. The Morgan fingerprint density at radius 2 is 1.41 bits per heavy atom. The fourth-order valence-electron chi connectivity index (χ4n) is 4.35. The van der Waals surface area contributed by atoms with Gasteiger partial charge in [0.25, 0.3) is 0 Å². The zero-order valence-electron chi connectivity index (χ0n) is 18.1. The molecule has 0 aromatic heterocycles. The highest BCUT2D eigenvalue weighted by Crippen LogP contribution is 2.37. The summed E-state index contributed by atoms with van der Waals surface area (Å²) >= 11 is 0. The van der Waals surface area contributed by atoms with Crippen molar-refractivity contribution in [3.63, 3.8) is 0 Å². The maximum absolute atomic E-state index is 3.31. The van der Waals surface area contributed by atoms with Gasteiger partial charge in [-0.1, -0.05) is 74.6 Å². The average Bonchev–Trinajstić information content (AvgIpc) is 2.78. The Hall–Kier alpha value is -2.44. The maximum atomic E-state index is 3.31. The fourth-order valence-corrected chi connectivity index (χ4v) is 4.35. The van der Waals surface area contributed by atoms with E-state index < -0.39 is 0 Å². The average molecular weight is 383 g/mol. The van der Waals surface area contributed by atoms with Crippen molar-refractivity contribution in [1.82, 2.24) is 0 Å². The van der Waals surface area contributed by atoms with Crippen molar-refractivity contribution >= 4 is 0 Å². The minimum Gasteiger partial charge on any atom is -0.106 e. The van der Waals surface area contributed by atoms with Crippen molar-refractivity contribution in [2.45, 2.75) is 77.6 Å². The molecule has 150 valence electrons. The van der Waals surface area contributed by atoms with Gasteiger partial charge in [-0.2, -0.15) is 0 Å². The van der Waals surface area contributed by atoms with E-state index in [9.17, 15) is 0 Å². The number of hydrogen-bond acceptors (Lipinski definition) is 0. The van der Waals surface area contributed by atoms with Gasteiger partial charge >= 0.3 is 0 Å². The topological polar surface area (TPSA) is 0 Å². The van der Waals surface area contributed by atoms with E-state index in [2.05, 4.69) is 79.1 Å². The summed E-state index contributed by atoms with van der Waals surface area (Å²) in [4.78, 5) is 0. The second-order valence-electron chi connectivity index (χ2n) is 8.39. The zero-order valence-corrected chi connectivity index (χ0v) is 18.1. The highest BCUT2D eigenvalue weighted by molar-refractivity contribution is 5.44. The van der Waals surface area contributed by atoms with Gasteiger partial charge in [0.15, 0.2) is 0 Å². The van der Waals surface area contributed by atoms with E-state index in [0.29, 0.717) is 0 Å². The molecule has 0 bridgehead atoms. The molecule has 1 aliphatic carbocycles. The standard InChI is InChI=1S/C29H34/c1-3-5-7-9-25-16-20-28(21-17-25)29-22-18-27(19-23-29)15-14-26-12-10-24(11-13-26)8-6-4-2/h10-13,18-19,22-23,25,28H,3,5,7-9,16-17,20-21H2,1-2H3. The Balaban J connectivity index is 1.52. The van der Waals surface area contributed by atoms with Crippen LogP contribution in [0.4, 0.5) is 0 Å². The molecule has 0 nitrogen and oxygen atoms in total. The van der Waals surface area contributed by atoms with Gasteiger partial charge in [0.05, 0.1) is 0 Å². The van der Waals surface area contributed by atoms with Crippen LogP contribution in [0.1, 0.15) is 93.4 Å². The molecular weight excluding hydrogens is 348 g/mol. The third-order valence-corrected chi connectivity index (χ3v) is 6.22. The SMILES string of the molecule is CC#CCc1ccc(C#Cc2ccc(C3CCC(CCCCC)CC3)cc2)cc1. The lowest BCUT2D eigenvalue weighted by atomic mass is 9.77. The molecule has 29 heavy (non-hydrogen) atoms. The molecule has 1 fully saturated rings. The smallest absolute Gasteiger partial charge is 0.0340 e. The zero-order chi connectivity index (χ0) is 20.3. The first-order valence-corrected chi connectivity index (χ1v) is 11.4. The highest BCUT2D eigenvalue weighted by Gasteiger charge is 2.21. The summed E-state index contributed by atoms with van der Waals surface area (Å²) in [5.41, 5.74) is 4.91. The Bertz CT molecular complexity index is 854. The first-order valence-electron chi connectivity index (χ1n) is 11.4. The van der Waals surface area contributed by atoms with Crippen LogP contribution in [-0.2, 0) is 6.42 Å². The van der Waals surface area contributed by atoms with Crippen molar-refractivity contribution in [3.05, 3.63) is 70.8 Å². The van der Waals surface area contributed by atoms with Crippen LogP contribution in [0.3, 0.4) is 0 Å². The predicted molar refractivity (Wildman–Crippen MR) is 125 cm³/mol. The molecule has 0 atom stereocenters. The lowest BCUT2D eigenvalue weighted by Gasteiger charge is -2.29.